The first-order valence-corrected chi connectivity index (χ1v) is 13.0. The second kappa shape index (κ2) is 8.99. The Morgan fingerprint density at radius 1 is 0.800 bits per heavy atom. The maximum Gasteiger partial charge on any atom is -0.0149 e. The Labute approximate surface area is 188 Å². The average Bonchev–Trinajstić information content (AvgIpc) is 2.99. The van der Waals surface area contributed by atoms with Crippen molar-refractivity contribution in [2.24, 2.45) is 34.0 Å². The van der Waals surface area contributed by atoms with Crippen LogP contribution in [0.3, 0.4) is 0 Å². The van der Waals surface area contributed by atoms with Gasteiger partial charge in [-0.15, -0.1) is 0 Å². The molecule has 0 nitrogen and oxygen atoms in total. The smallest absolute Gasteiger partial charge is 0.0149 e. The summed E-state index contributed by atoms with van der Waals surface area (Å²) in [6.07, 6.45) is 19.7. The Morgan fingerprint density at radius 3 is 2.20 bits per heavy atom. The minimum atomic E-state index is 0.498. The van der Waals surface area contributed by atoms with E-state index >= 15 is 0 Å². The third-order valence-electron chi connectivity index (χ3n) is 9.92. The van der Waals surface area contributed by atoms with Crippen LogP contribution in [-0.4, -0.2) is 0 Å². The maximum absolute atomic E-state index is 4.67. The molecular formula is C30H50. The number of hydrogen-bond acceptors (Lipinski definition) is 0. The summed E-state index contributed by atoms with van der Waals surface area (Å²) in [5.74, 6) is 2.59. The van der Waals surface area contributed by atoms with Gasteiger partial charge in [0, 0.05) is 0 Å². The molecule has 3 aliphatic rings. The fourth-order valence-electron chi connectivity index (χ4n) is 8.47. The van der Waals surface area contributed by atoms with Crippen molar-refractivity contribution in [3.8, 4) is 0 Å². The Kier molecular flexibility index (Phi) is 7.16. The lowest BCUT2D eigenvalue weighted by Gasteiger charge is -2.62. The summed E-state index contributed by atoms with van der Waals surface area (Å²) >= 11 is 0. The summed E-state index contributed by atoms with van der Waals surface area (Å²) in [6.45, 7) is 21.8. The minimum absolute atomic E-state index is 0.498. The molecule has 0 aliphatic heterocycles. The Hall–Kier alpha value is -0.780. The van der Waals surface area contributed by atoms with Crippen LogP contribution in [0, 0.1) is 34.0 Å². The van der Waals surface area contributed by atoms with Gasteiger partial charge in [-0.05, 0) is 119 Å². The van der Waals surface area contributed by atoms with Crippen LogP contribution >= 0.6 is 0 Å². The summed E-state index contributed by atoms with van der Waals surface area (Å²) in [4.78, 5) is 0. The predicted octanol–water partition coefficient (Wildman–Crippen LogP) is 9.67. The highest BCUT2D eigenvalue weighted by Crippen LogP contribution is 2.70. The summed E-state index contributed by atoms with van der Waals surface area (Å²) in [6, 6.07) is 0. The van der Waals surface area contributed by atoms with Crippen LogP contribution in [0.25, 0.3) is 0 Å². The minimum Gasteiger partial charge on any atom is -0.0995 e. The van der Waals surface area contributed by atoms with Gasteiger partial charge in [-0.1, -0.05) is 69.6 Å². The van der Waals surface area contributed by atoms with Crippen LogP contribution < -0.4 is 0 Å². The van der Waals surface area contributed by atoms with E-state index in [4.69, 9.17) is 0 Å². The van der Waals surface area contributed by atoms with Crippen molar-refractivity contribution in [3.63, 3.8) is 0 Å². The van der Waals surface area contributed by atoms with Gasteiger partial charge >= 0.3 is 0 Å². The van der Waals surface area contributed by atoms with E-state index in [1.54, 1.807) is 11.1 Å². The maximum atomic E-state index is 4.67. The first kappa shape index (κ1) is 23.9. The van der Waals surface area contributed by atoms with Crippen LogP contribution in [0.1, 0.15) is 119 Å². The second-order valence-corrected chi connectivity index (χ2v) is 12.7. The van der Waals surface area contributed by atoms with E-state index in [1.165, 1.54) is 76.2 Å². The van der Waals surface area contributed by atoms with Gasteiger partial charge in [0.15, 0.2) is 0 Å². The van der Waals surface area contributed by atoms with Gasteiger partial charge in [-0.25, -0.2) is 0 Å². The molecule has 0 heterocycles. The van der Waals surface area contributed by atoms with Gasteiger partial charge in [-0.3, -0.25) is 0 Å². The van der Waals surface area contributed by atoms with Crippen LogP contribution in [0.2, 0.25) is 0 Å². The molecule has 0 saturated heterocycles. The van der Waals surface area contributed by atoms with Gasteiger partial charge < -0.3 is 0 Å². The van der Waals surface area contributed by atoms with Gasteiger partial charge in [0.05, 0.1) is 0 Å². The molecular weight excluding hydrogens is 360 g/mol. The van der Waals surface area contributed by atoms with Crippen molar-refractivity contribution in [1.82, 2.24) is 0 Å². The zero-order valence-corrected chi connectivity index (χ0v) is 21.4. The van der Waals surface area contributed by atoms with Crippen LogP contribution in [-0.2, 0) is 0 Å². The molecule has 0 aromatic heterocycles. The van der Waals surface area contributed by atoms with Crippen LogP contribution in [0.4, 0.5) is 0 Å². The zero-order chi connectivity index (χ0) is 22.2. The van der Waals surface area contributed by atoms with E-state index in [1.807, 2.05) is 0 Å². The summed E-state index contributed by atoms with van der Waals surface area (Å²) in [5, 5.41) is 0. The fraction of sp³-hybridized carbons (Fsp3) is 0.800. The van der Waals surface area contributed by atoms with Crippen molar-refractivity contribution in [1.29, 1.82) is 0 Å². The highest BCUT2D eigenvalue weighted by atomic mass is 14.7. The van der Waals surface area contributed by atoms with Crippen molar-refractivity contribution in [3.05, 3.63) is 35.5 Å². The van der Waals surface area contributed by atoms with E-state index in [0.29, 0.717) is 16.2 Å². The molecule has 3 fully saturated rings. The van der Waals surface area contributed by atoms with Gasteiger partial charge in [0.1, 0.15) is 0 Å². The lowest BCUT2D eigenvalue weighted by atomic mass is 9.43. The third kappa shape index (κ3) is 4.54. The standard InChI is InChI=1S/C30H50/c1-22(2)12-9-13-23(3)14-10-15-24(4)25-16-17-27-29(25,7)21-18-26-28(5,6)19-11-20-30(26,27)8/h12,14,25-27H,4,9-11,13,15-21H2,1-3,5-8H3/b23-14+/t25-,26?,27?,29-,30-/m0/s1. The monoisotopic (exact) mass is 410 g/mol. The number of hydrogen-bond donors (Lipinski definition) is 0. The summed E-state index contributed by atoms with van der Waals surface area (Å²) in [7, 11) is 0. The quantitative estimate of drug-likeness (QED) is 0.366. The SMILES string of the molecule is C=C(CC/C=C(\C)CCC=C(C)C)[C@@H]1CCC2[C@@]3(C)CCCC(C)(C)C3CC[C@]21C. The molecule has 170 valence electrons. The normalized spacial score (nSPS) is 38.0. The summed E-state index contributed by atoms with van der Waals surface area (Å²) in [5.41, 5.74) is 6.14. The van der Waals surface area contributed by atoms with Crippen molar-refractivity contribution >= 4 is 0 Å². The highest BCUT2D eigenvalue weighted by molar-refractivity contribution is 5.18. The molecule has 0 N–H and O–H groups in total. The predicted molar refractivity (Wildman–Crippen MR) is 134 cm³/mol. The lowest BCUT2D eigenvalue weighted by Crippen LogP contribution is -2.54. The summed E-state index contributed by atoms with van der Waals surface area (Å²) < 4.78 is 0. The van der Waals surface area contributed by atoms with E-state index in [9.17, 15) is 0 Å². The van der Waals surface area contributed by atoms with Crippen molar-refractivity contribution in [2.45, 2.75) is 119 Å². The van der Waals surface area contributed by atoms with Crippen LogP contribution in [0.5, 0.6) is 0 Å². The molecule has 0 spiro atoms. The Morgan fingerprint density at radius 2 is 1.50 bits per heavy atom. The molecule has 0 bridgehead atoms. The molecule has 0 radical (unpaired) electrons. The fourth-order valence-corrected chi connectivity index (χ4v) is 8.47. The number of rotatable bonds is 7. The van der Waals surface area contributed by atoms with Gasteiger partial charge in [0.2, 0.25) is 0 Å². The highest BCUT2D eigenvalue weighted by Gasteiger charge is 2.62. The van der Waals surface area contributed by atoms with E-state index in [2.05, 4.69) is 67.2 Å². The van der Waals surface area contributed by atoms with E-state index in [-0.39, 0.29) is 0 Å². The lowest BCUT2D eigenvalue weighted by molar-refractivity contribution is -0.123. The molecule has 0 amide bonds. The molecule has 5 atom stereocenters. The topological polar surface area (TPSA) is 0 Å². The van der Waals surface area contributed by atoms with Gasteiger partial charge in [-0.2, -0.15) is 0 Å². The second-order valence-electron chi connectivity index (χ2n) is 12.7. The molecule has 3 aliphatic carbocycles. The van der Waals surface area contributed by atoms with Crippen LogP contribution in [0.15, 0.2) is 35.5 Å². The van der Waals surface area contributed by atoms with E-state index < -0.39 is 0 Å². The largest absolute Gasteiger partial charge is 0.0995 e. The molecule has 0 aromatic rings. The first-order valence-electron chi connectivity index (χ1n) is 13.0. The van der Waals surface area contributed by atoms with Crippen molar-refractivity contribution < 1.29 is 0 Å². The molecule has 30 heavy (non-hydrogen) atoms. The average molecular weight is 411 g/mol. The number of allylic oxidation sites excluding steroid dienone is 5. The molecule has 0 aromatic carbocycles. The zero-order valence-electron chi connectivity index (χ0n) is 21.4. The Bertz CT molecular complexity index is 685. The molecule has 3 saturated carbocycles. The molecule has 0 heteroatoms. The molecule has 2 unspecified atom stereocenters. The first-order chi connectivity index (χ1) is 14.0. The van der Waals surface area contributed by atoms with Gasteiger partial charge in [0.25, 0.3) is 0 Å². The molecule has 3 rings (SSSR count). The number of fused-ring (bicyclic) bond motifs is 3. The third-order valence-corrected chi connectivity index (χ3v) is 9.92. The van der Waals surface area contributed by atoms with E-state index in [0.717, 1.165) is 17.8 Å². The van der Waals surface area contributed by atoms with Crippen molar-refractivity contribution in [2.75, 3.05) is 0 Å². The Balaban J connectivity index is 1.62.